The first-order chi connectivity index (χ1) is 18.6. The summed E-state index contributed by atoms with van der Waals surface area (Å²) in [4.78, 5) is 51.4. The summed E-state index contributed by atoms with van der Waals surface area (Å²) < 4.78 is 5.32. The van der Waals surface area contributed by atoms with E-state index >= 15 is 0 Å². The Labute approximate surface area is 239 Å². The SMILES string of the molecule is C[C@H](OC(=O)CCN1C(=O)[C@@H]2[C@H](C1=O)C1(Cl)c3ccccc3C2(Cl)c2ccccc21)C(=O)c1ccc(Cl)cc1. The molecular formula is C30H22Cl3NO5. The van der Waals surface area contributed by atoms with Crippen molar-refractivity contribution in [2.45, 2.75) is 29.2 Å². The number of alkyl halides is 2. The van der Waals surface area contributed by atoms with Gasteiger partial charge in [0.05, 0.1) is 18.3 Å². The van der Waals surface area contributed by atoms with E-state index in [1.165, 1.54) is 6.92 Å². The fourth-order valence-corrected chi connectivity index (χ4v) is 7.53. The van der Waals surface area contributed by atoms with Crippen molar-refractivity contribution in [3.8, 4) is 0 Å². The van der Waals surface area contributed by atoms with Crippen molar-refractivity contribution in [1.29, 1.82) is 0 Å². The van der Waals surface area contributed by atoms with Crippen LogP contribution in [0.2, 0.25) is 5.02 Å². The Morgan fingerprint density at radius 2 is 1.26 bits per heavy atom. The maximum atomic E-state index is 13.8. The average Bonchev–Trinajstić information content (AvgIpc) is 3.20. The first-order valence-corrected chi connectivity index (χ1v) is 13.7. The monoisotopic (exact) mass is 581 g/mol. The third-order valence-corrected chi connectivity index (χ3v) is 9.56. The quantitative estimate of drug-likeness (QED) is 0.167. The molecule has 0 radical (unpaired) electrons. The van der Waals surface area contributed by atoms with Crippen LogP contribution in [0.3, 0.4) is 0 Å². The van der Waals surface area contributed by atoms with E-state index in [4.69, 9.17) is 39.5 Å². The maximum Gasteiger partial charge on any atom is 0.308 e. The Hall–Kier alpha value is -3.19. The second-order valence-corrected chi connectivity index (χ2v) is 11.7. The topological polar surface area (TPSA) is 80.8 Å². The molecule has 3 aromatic rings. The van der Waals surface area contributed by atoms with Gasteiger partial charge in [0, 0.05) is 17.1 Å². The lowest BCUT2D eigenvalue weighted by molar-refractivity contribution is -0.148. The minimum atomic E-state index is -1.28. The summed E-state index contributed by atoms with van der Waals surface area (Å²) in [6.45, 7) is 1.26. The van der Waals surface area contributed by atoms with Gasteiger partial charge in [0.2, 0.25) is 17.6 Å². The number of esters is 1. The van der Waals surface area contributed by atoms with E-state index in [1.807, 2.05) is 48.5 Å². The number of ether oxygens (including phenoxy) is 1. The number of likely N-dealkylation sites (tertiary alicyclic amines) is 1. The summed E-state index contributed by atoms with van der Waals surface area (Å²) in [5.74, 6) is -3.93. The van der Waals surface area contributed by atoms with E-state index in [0.717, 1.165) is 4.90 Å². The molecule has 0 N–H and O–H groups in total. The largest absolute Gasteiger partial charge is 0.454 e. The van der Waals surface area contributed by atoms with Crippen molar-refractivity contribution in [3.63, 3.8) is 0 Å². The van der Waals surface area contributed by atoms with Gasteiger partial charge in [-0.25, -0.2) is 0 Å². The maximum absolute atomic E-state index is 13.8. The summed E-state index contributed by atoms with van der Waals surface area (Å²) >= 11 is 20.6. The van der Waals surface area contributed by atoms with Crippen LogP contribution >= 0.6 is 34.8 Å². The Bertz CT molecular complexity index is 1430. The fraction of sp³-hybridized carbons (Fsp3) is 0.267. The minimum absolute atomic E-state index is 0.210. The standard InChI is InChI=1S/C30H22Cl3NO5/c1-16(26(36)17-10-12-18(31)13-11-17)39-23(35)14-15-34-27(37)24-25(28(34)38)30(33)20-7-3-2-6-19(20)29(24,32)21-8-4-5-9-22(21)30/h2-13,16,24-25H,14-15H2,1H3/t16-,24-,25+,29?,30?/m0/s1. The van der Waals surface area contributed by atoms with Crippen LogP contribution in [0.25, 0.3) is 0 Å². The van der Waals surface area contributed by atoms with E-state index in [2.05, 4.69) is 0 Å². The first-order valence-electron chi connectivity index (χ1n) is 12.5. The smallest absolute Gasteiger partial charge is 0.308 e. The number of Topliss-reactive ketones (excluding diaryl/α,β-unsaturated/α-hetero) is 1. The molecular weight excluding hydrogens is 561 g/mol. The predicted octanol–water partition coefficient (Wildman–Crippen LogP) is 5.44. The molecule has 6 nitrogen and oxygen atoms in total. The molecule has 3 aliphatic carbocycles. The second kappa shape index (κ2) is 9.19. The molecule has 0 spiro atoms. The van der Waals surface area contributed by atoms with E-state index in [1.54, 1.807) is 24.3 Å². The van der Waals surface area contributed by atoms with Gasteiger partial charge in [-0.3, -0.25) is 24.1 Å². The lowest BCUT2D eigenvalue weighted by Gasteiger charge is -2.54. The molecule has 3 aromatic carbocycles. The number of hydrogen-bond acceptors (Lipinski definition) is 5. The van der Waals surface area contributed by atoms with Crippen LogP contribution in [-0.4, -0.2) is 41.1 Å². The van der Waals surface area contributed by atoms with Crippen LogP contribution in [0, 0.1) is 11.8 Å². The van der Waals surface area contributed by atoms with Crippen molar-refractivity contribution in [1.82, 2.24) is 4.90 Å². The summed E-state index contributed by atoms with van der Waals surface area (Å²) in [7, 11) is 0. The Morgan fingerprint density at radius 3 is 1.69 bits per heavy atom. The number of halogens is 3. The molecule has 0 unspecified atom stereocenters. The van der Waals surface area contributed by atoms with Crippen LogP contribution in [0.15, 0.2) is 72.8 Å². The predicted molar refractivity (Wildman–Crippen MR) is 146 cm³/mol. The van der Waals surface area contributed by atoms with Gasteiger partial charge in [0.1, 0.15) is 9.75 Å². The molecule has 7 rings (SSSR count). The highest BCUT2D eigenvalue weighted by atomic mass is 35.5. The summed E-state index contributed by atoms with van der Waals surface area (Å²) in [6.07, 6.45) is -1.33. The number of amides is 2. The molecule has 0 aromatic heterocycles. The molecule has 1 heterocycles. The number of carbonyl (C=O) groups is 4. The molecule has 2 amide bonds. The first kappa shape index (κ1) is 26.1. The van der Waals surface area contributed by atoms with E-state index in [-0.39, 0.29) is 18.7 Å². The highest BCUT2D eigenvalue weighted by molar-refractivity contribution is 6.36. The summed E-state index contributed by atoms with van der Waals surface area (Å²) in [6, 6.07) is 21.0. The van der Waals surface area contributed by atoms with Crippen molar-refractivity contribution in [2.75, 3.05) is 6.54 Å². The number of ketones is 1. The van der Waals surface area contributed by atoms with Crippen LogP contribution < -0.4 is 0 Å². The lowest BCUT2D eigenvalue weighted by atomic mass is 9.54. The van der Waals surface area contributed by atoms with Crippen LogP contribution in [0.5, 0.6) is 0 Å². The molecule has 198 valence electrons. The van der Waals surface area contributed by atoms with Gasteiger partial charge in [0.25, 0.3) is 0 Å². The van der Waals surface area contributed by atoms with Gasteiger partial charge >= 0.3 is 5.97 Å². The van der Waals surface area contributed by atoms with Crippen molar-refractivity contribution < 1.29 is 23.9 Å². The van der Waals surface area contributed by atoms with Crippen molar-refractivity contribution in [2.24, 2.45) is 11.8 Å². The second-order valence-electron chi connectivity index (χ2n) is 10.1. The molecule has 3 atom stereocenters. The lowest BCUT2D eigenvalue weighted by Crippen LogP contribution is -2.57. The molecule has 1 fully saturated rings. The molecule has 2 bridgehead atoms. The Balaban J connectivity index is 1.24. The Kier molecular flexibility index (Phi) is 6.14. The van der Waals surface area contributed by atoms with Gasteiger partial charge in [-0.05, 0) is 53.4 Å². The fourth-order valence-electron chi connectivity index (χ4n) is 6.31. The van der Waals surface area contributed by atoms with Crippen molar-refractivity contribution in [3.05, 3.63) is 106 Å². The van der Waals surface area contributed by atoms with Gasteiger partial charge in [-0.2, -0.15) is 0 Å². The van der Waals surface area contributed by atoms with E-state index in [9.17, 15) is 19.2 Å². The number of imide groups is 1. The average molecular weight is 583 g/mol. The third-order valence-electron chi connectivity index (χ3n) is 8.02. The van der Waals surface area contributed by atoms with Crippen LogP contribution in [-0.2, 0) is 28.9 Å². The van der Waals surface area contributed by atoms with Gasteiger partial charge in [-0.15, -0.1) is 23.2 Å². The zero-order valence-corrected chi connectivity index (χ0v) is 23.0. The zero-order valence-electron chi connectivity index (χ0n) is 20.7. The number of nitrogens with zero attached hydrogens (tertiary/aromatic N) is 1. The Morgan fingerprint density at radius 1 is 0.821 bits per heavy atom. The summed E-state index contributed by atoms with van der Waals surface area (Å²) in [5, 5.41) is 0.480. The number of rotatable bonds is 6. The van der Waals surface area contributed by atoms with Crippen LogP contribution in [0.1, 0.15) is 46.0 Å². The highest BCUT2D eigenvalue weighted by Gasteiger charge is 2.72. The summed E-state index contributed by atoms with van der Waals surface area (Å²) in [5.41, 5.74) is 3.18. The van der Waals surface area contributed by atoms with Gasteiger partial charge < -0.3 is 4.74 Å². The molecule has 9 heteroatoms. The minimum Gasteiger partial charge on any atom is -0.454 e. The highest BCUT2D eigenvalue weighted by Crippen LogP contribution is 2.69. The van der Waals surface area contributed by atoms with E-state index < -0.39 is 45.5 Å². The van der Waals surface area contributed by atoms with Gasteiger partial charge in [0.15, 0.2) is 6.10 Å². The molecule has 1 aliphatic heterocycles. The van der Waals surface area contributed by atoms with Crippen molar-refractivity contribution >= 4 is 58.4 Å². The number of benzene rings is 3. The van der Waals surface area contributed by atoms with Gasteiger partial charge in [-0.1, -0.05) is 60.1 Å². The molecule has 39 heavy (non-hydrogen) atoms. The number of carbonyl (C=O) groups excluding carboxylic acids is 4. The van der Waals surface area contributed by atoms with E-state index in [0.29, 0.717) is 32.8 Å². The zero-order chi connectivity index (χ0) is 27.7. The normalized spacial score (nSPS) is 27.0. The molecule has 0 saturated carbocycles. The molecule has 1 saturated heterocycles. The molecule has 4 aliphatic rings. The third kappa shape index (κ3) is 3.62. The van der Waals surface area contributed by atoms with Crippen LogP contribution in [0.4, 0.5) is 0 Å². The number of hydrogen-bond donors (Lipinski definition) is 0.